The zero-order valence-electron chi connectivity index (χ0n) is 8.55. The van der Waals surface area contributed by atoms with E-state index in [1.165, 1.54) is 6.07 Å². The third-order valence-electron chi connectivity index (χ3n) is 3.28. The van der Waals surface area contributed by atoms with Crippen LogP contribution >= 0.6 is 0 Å². The Morgan fingerprint density at radius 2 is 2.14 bits per heavy atom. The third kappa shape index (κ3) is 1.34. The Kier molecular flexibility index (Phi) is 2.11. The molecule has 76 valence electrons. The molecule has 0 saturated carbocycles. The van der Waals surface area contributed by atoms with Gasteiger partial charge in [-0.05, 0) is 36.1 Å². The van der Waals surface area contributed by atoms with Gasteiger partial charge in [-0.1, -0.05) is 19.9 Å². The molecule has 0 spiro atoms. The van der Waals surface area contributed by atoms with Gasteiger partial charge in [0.1, 0.15) is 5.82 Å². The molecule has 0 aliphatic heterocycles. The van der Waals surface area contributed by atoms with Crippen LogP contribution in [0.15, 0.2) is 18.2 Å². The summed E-state index contributed by atoms with van der Waals surface area (Å²) in [6.07, 6.45) is 1.18. The minimum Gasteiger partial charge on any atom is -0.392 e. The highest BCUT2D eigenvalue weighted by Crippen LogP contribution is 2.36. The lowest BCUT2D eigenvalue weighted by Crippen LogP contribution is -2.38. The lowest BCUT2D eigenvalue weighted by Gasteiger charge is -2.37. The van der Waals surface area contributed by atoms with Crippen molar-refractivity contribution in [3.8, 4) is 0 Å². The van der Waals surface area contributed by atoms with Crippen molar-refractivity contribution >= 4 is 0 Å². The molecule has 2 rings (SSSR count). The SMILES string of the molecule is CC1(C)c2ccc(F)cc2CCC1O. The van der Waals surface area contributed by atoms with E-state index in [4.69, 9.17) is 0 Å². The van der Waals surface area contributed by atoms with Crippen molar-refractivity contribution in [3.05, 3.63) is 35.1 Å². The predicted octanol–water partition coefficient (Wildman–Crippen LogP) is 2.41. The number of fused-ring (bicyclic) bond motifs is 1. The summed E-state index contributed by atoms with van der Waals surface area (Å²) in [4.78, 5) is 0. The summed E-state index contributed by atoms with van der Waals surface area (Å²) in [6.45, 7) is 4.02. The summed E-state index contributed by atoms with van der Waals surface area (Å²) in [5.74, 6) is -0.184. The highest BCUT2D eigenvalue weighted by Gasteiger charge is 2.35. The van der Waals surface area contributed by atoms with Crippen LogP contribution in [0.2, 0.25) is 0 Å². The molecular formula is C12H15FO. The second-order valence-corrected chi connectivity index (χ2v) is 4.58. The standard InChI is InChI=1S/C12H15FO/c1-12(2)10-5-4-9(13)7-8(10)3-6-11(12)14/h4-5,7,11,14H,3,6H2,1-2H3. The number of rotatable bonds is 0. The Balaban J connectivity index is 2.53. The second kappa shape index (κ2) is 3.06. The molecule has 1 aromatic carbocycles. The Labute approximate surface area is 83.6 Å². The molecule has 0 saturated heterocycles. The average molecular weight is 194 g/mol. The van der Waals surface area contributed by atoms with Crippen molar-refractivity contribution < 1.29 is 9.50 Å². The van der Waals surface area contributed by atoms with Gasteiger partial charge in [0.2, 0.25) is 0 Å². The fourth-order valence-corrected chi connectivity index (χ4v) is 2.23. The number of aryl methyl sites for hydroxylation is 1. The van der Waals surface area contributed by atoms with E-state index in [2.05, 4.69) is 0 Å². The summed E-state index contributed by atoms with van der Waals surface area (Å²) in [5.41, 5.74) is 1.87. The van der Waals surface area contributed by atoms with E-state index in [0.29, 0.717) is 0 Å². The van der Waals surface area contributed by atoms with Crippen LogP contribution in [0.3, 0.4) is 0 Å². The summed E-state index contributed by atoms with van der Waals surface area (Å²) in [6, 6.07) is 4.86. The van der Waals surface area contributed by atoms with E-state index in [1.807, 2.05) is 13.8 Å². The molecule has 1 nitrogen and oxygen atoms in total. The van der Waals surface area contributed by atoms with Crippen molar-refractivity contribution in [3.63, 3.8) is 0 Å². The Hall–Kier alpha value is -0.890. The van der Waals surface area contributed by atoms with Gasteiger partial charge in [-0.25, -0.2) is 4.39 Å². The maximum atomic E-state index is 13.0. The first-order chi connectivity index (χ1) is 6.51. The molecule has 0 heterocycles. The molecule has 1 unspecified atom stereocenters. The Morgan fingerprint density at radius 3 is 2.86 bits per heavy atom. The van der Waals surface area contributed by atoms with Gasteiger partial charge in [0.15, 0.2) is 0 Å². The monoisotopic (exact) mass is 194 g/mol. The molecule has 1 aliphatic carbocycles. The van der Waals surface area contributed by atoms with Crippen LogP contribution in [0.4, 0.5) is 4.39 Å². The van der Waals surface area contributed by atoms with Crippen molar-refractivity contribution in [1.29, 1.82) is 0 Å². The summed E-state index contributed by atoms with van der Waals surface area (Å²) in [5, 5.41) is 9.86. The molecule has 1 N–H and O–H groups in total. The summed E-state index contributed by atoms with van der Waals surface area (Å²) >= 11 is 0. The van der Waals surface area contributed by atoms with Crippen LogP contribution in [-0.4, -0.2) is 11.2 Å². The molecule has 0 aromatic heterocycles. The van der Waals surface area contributed by atoms with E-state index >= 15 is 0 Å². The van der Waals surface area contributed by atoms with E-state index in [-0.39, 0.29) is 17.3 Å². The minimum absolute atomic E-state index is 0.184. The predicted molar refractivity (Wildman–Crippen MR) is 53.8 cm³/mol. The normalized spacial score (nSPS) is 24.4. The first-order valence-corrected chi connectivity index (χ1v) is 4.99. The van der Waals surface area contributed by atoms with Crippen molar-refractivity contribution in [1.82, 2.24) is 0 Å². The molecule has 1 aliphatic rings. The number of aliphatic hydroxyl groups excluding tert-OH is 1. The van der Waals surface area contributed by atoms with Crippen LogP contribution < -0.4 is 0 Å². The first-order valence-electron chi connectivity index (χ1n) is 4.99. The Morgan fingerprint density at radius 1 is 1.43 bits per heavy atom. The number of benzene rings is 1. The average Bonchev–Trinajstić information content (AvgIpc) is 2.12. The lowest BCUT2D eigenvalue weighted by molar-refractivity contribution is 0.0830. The topological polar surface area (TPSA) is 20.2 Å². The molecule has 0 bridgehead atoms. The molecule has 14 heavy (non-hydrogen) atoms. The molecule has 1 aromatic rings. The van der Waals surface area contributed by atoms with Crippen LogP contribution in [0.25, 0.3) is 0 Å². The molecular weight excluding hydrogens is 179 g/mol. The van der Waals surface area contributed by atoms with Crippen molar-refractivity contribution in [2.45, 2.75) is 38.2 Å². The van der Waals surface area contributed by atoms with Crippen molar-refractivity contribution in [2.24, 2.45) is 0 Å². The van der Waals surface area contributed by atoms with Crippen LogP contribution in [0, 0.1) is 5.82 Å². The van der Waals surface area contributed by atoms with Crippen molar-refractivity contribution in [2.75, 3.05) is 0 Å². The smallest absolute Gasteiger partial charge is 0.123 e. The quantitative estimate of drug-likeness (QED) is 0.672. The second-order valence-electron chi connectivity index (χ2n) is 4.58. The Bertz CT molecular complexity index is 357. The third-order valence-corrected chi connectivity index (χ3v) is 3.28. The highest BCUT2D eigenvalue weighted by atomic mass is 19.1. The van der Waals surface area contributed by atoms with E-state index < -0.39 is 0 Å². The molecule has 0 radical (unpaired) electrons. The fourth-order valence-electron chi connectivity index (χ4n) is 2.23. The molecule has 0 amide bonds. The van der Waals surface area contributed by atoms with Crippen LogP contribution in [0.5, 0.6) is 0 Å². The number of halogens is 1. The largest absolute Gasteiger partial charge is 0.392 e. The zero-order valence-corrected chi connectivity index (χ0v) is 8.55. The molecule has 0 fully saturated rings. The molecule has 1 atom stereocenters. The van der Waals surface area contributed by atoms with Gasteiger partial charge >= 0.3 is 0 Å². The summed E-state index contributed by atoms with van der Waals surface area (Å²) < 4.78 is 13.0. The zero-order chi connectivity index (χ0) is 10.3. The number of hydrogen-bond donors (Lipinski definition) is 1. The lowest BCUT2D eigenvalue weighted by atomic mass is 9.71. The van der Waals surface area contributed by atoms with E-state index in [0.717, 1.165) is 24.0 Å². The van der Waals surface area contributed by atoms with Gasteiger partial charge in [0.05, 0.1) is 6.10 Å². The highest BCUT2D eigenvalue weighted by molar-refractivity contribution is 5.37. The maximum absolute atomic E-state index is 13.0. The first kappa shape index (κ1) is 9.66. The van der Waals surface area contributed by atoms with E-state index in [1.54, 1.807) is 12.1 Å². The van der Waals surface area contributed by atoms with Crippen LogP contribution in [0.1, 0.15) is 31.4 Å². The minimum atomic E-state index is -0.319. The number of hydrogen-bond acceptors (Lipinski definition) is 1. The van der Waals surface area contributed by atoms with Gasteiger partial charge in [-0.15, -0.1) is 0 Å². The van der Waals surface area contributed by atoms with Crippen LogP contribution in [-0.2, 0) is 11.8 Å². The van der Waals surface area contributed by atoms with Gasteiger partial charge in [0.25, 0.3) is 0 Å². The van der Waals surface area contributed by atoms with Gasteiger partial charge < -0.3 is 5.11 Å². The number of aliphatic hydroxyl groups is 1. The van der Waals surface area contributed by atoms with Gasteiger partial charge in [0, 0.05) is 5.41 Å². The maximum Gasteiger partial charge on any atom is 0.123 e. The fraction of sp³-hybridized carbons (Fsp3) is 0.500. The van der Waals surface area contributed by atoms with Gasteiger partial charge in [-0.3, -0.25) is 0 Å². The molecule has 2 heteroatoms. The van der Waals surface area contributed by atoms with E-state index in [9.17, 15) is 9.50 Å². The summed E-state index contributed by atoms with van der Waals surface area (Å²) in [7, 11) is 0. The van der Waals surface area contributed by atoms with Gasteiger partial charge in [-0.2, -0.15) is 0 Å².